The Kier molecular flexibility index (Phi) is 6.07. The lowest BCUT2D eigenvalue weighted by Gasteiger charge is -2.30. The van der Waals surface area contributed by atoms with E-state index >= 15 is 0 Å². The van der Waals surface area contributed by atoms with Gasteiger partial charge in [0.2, 0.25) is 0 Å². The molecule has 2 aliphatic rings. The zero-order chi connectivity index (χ0) is 23.4. The highest BCUT2D eigenvalue weighted by Gasteiger charge is 2.51. The Hall–Kier alpha value is -4.21. The van der Waals surface area contributed by atoms with E-state index in [1.807, 2.05) is 12.1 Å². The quantitative estimate of drug-likeness (QED) is 0.262. The molecule has 0 aliphatic carbocycles. The molecule has 10 nitrogen and oxygen atoms in total. The standard InChI is InChI=1S/C23H24N6O4/c1-33-17-8-7-15-13-29(20(30)18(15)11-17)14-23(21(31)27-22(32)28-23)19(24)6-2-3-10-26-16-5-4-9-25-12-16/h2,4-9,11-12,24,26H,3,10,13-14H2,1H3,(H2,27,28,31,32)/b6-2-,24-19?. The van der Waals surface area contributed by atoms with Gasteiger partial charge in [-0.3, -0.25) is 19.9 Å². The predicted molar refractivity (Wildman–Crippen MR) is 121 cm³/mol. The molecule has 1 aromatic heterocycles. The van der Waals surface area contributed by atoms with Crippen LogP contribution in [0.1, 0.15) is 22.3 Å². The van der Waals surface area contributed by atoms with Crippen LogP contribution in [0.3, 0.4) is 0 Å². The first-order valence-electron chi connectivity index (χ1n) is 10.4. The van der Waals surface area contributed by atoms with Crippen molar-refractivity contribution >= 4 is 29.2 Å². The summed E-state index contributed by atoms with van der Waals surface area (Å²) < 4.78 is 5.19. The Morgan fingerprint density at radius 3 is 2.88 bits per heavy atom. The van der Waals surface area contributed by atoms with E-state index in [9.17, 15) is 14.4 Å². The lowest BCUT2D eigenvalue weighted by molar-refractivity contribution is -0.122. The van der Waals surface area contributed by atoms with Crippen LogP contribution in [0.15, 0.2) is 54.9 Å². The molecule has 2 aromatic rings. The van der Waals surface area contributed by atoms with Crippen molar-refractivity contribution in [1.82, 2.24) is 20.5 Å². The summed E-state index contributed by atoms with van der Waals surface area (Å²) >= 11 is 0. The molecule has 1 fully saturated rings. The summed E-state index contributed by atoms with van der Waals surface area (Å²) in [5.74, 6) is -0.382. The number of benzene rings is 1. The first-order valence-corrected chi connectivity index (χ1v) is 10.4. The molecule has 0 saturated carbocycles. The number of amides is 4. The van der Waals surface area contributed by atoms with Crippen molar-refractivity contribution < 1.29 is 19.1 Å². The van der Waals surface area contributed by atoms with Crippen LogP contribution in [0.2, 0.25) is 0 Å². The molecule has 33 heavy (non-hydrogen) atoms. The Morgan fingerprint density at radius 1 is 1.33 bits per heavy atom. The van der Waals surface area contributed by atoms with Gasteiger partial charge < -0.3 is 25.7 Å². The van der Waals surface area contributed by atoms with Gasteiger partial charge in [0.15, 0.2) is 5.54 Å². The number of hydrogen-bond acceptors (Lipinski definition) is 7. The third-order valence-electron chi connectivity index (χ3n) is 5.61. The van der Waals surface area contributed by atoms with Gasteiger partial charge in [0.1, 0.15) is 5.75 Å². The van der Waals surface area contributed by atoms with Gasteiger partial charge in [-0.15, -0.1) is 0 Å². The number of anilines is 1. The van der Waals surface area contributed by atoms with Crippen molar-refractivity contribution in [2.75, 3.05) is 25.5 Å². The number of rotatable bonds is 9. The number of nitrogens with one attached hydrogen (secondary N) is 4. The second-order valence-corrected chi connectivity index (χ2v) is 7.77. The Labute approximate surface area is 190 Å². The van der Waals surface area contributed by atoms with E-state index < -0.39 is 17.5 Å². The van der Waals surface area contributed by atoms with Crippen molar-refractivity contribution in [2.45, 2.75) is 18.5 Å². The molecule has 0 radical (unpaired) electrons. The van der Waals surface area contributed by atoms with Gasteiger partial charge in [-0.1, -0.05) is 12.1 Å². The summed E-state index contributed by atoms with van der Waals surface area (Å²) in [6.45, 7) is 0.718. The monoisotopic (exact) mass is 448 g/mol. The SMILES string of the molecule is COc1ccc2c(c1)C(=O)N(CC1(C(=N)/C=C\CCNc3cccnc3)NC(=O)NC1=O)C2. The van der Waals surface area contributed by atoms with Crippen molar-refractivity contribution in [3.63, 3.8) is 0 Å². The Morgan fingerprint density at radius 2 is 2.18 bits per heavy atom. The van der Waals surface area contributed by atoms with E-state index in [1.165, 1.54) is 18.1 Å². The number of methoxy groups -OCH3 is 1. The molecule has 1 atom stereocenters. The van der Waals surface area contributed by atoms with Crippen LogP contribution in [0.4, 0.5) is 10.5 Å². The van der Waals surface area contributed by atoms with Gasteiger partial charge in [-0.25, -0.2) is 4.79 Å². The zero-order valence-corrected chi connectivity index (χ0v) is 18.1. The molecular weight excluding hydrogens is 424 g/mol. The lowest BCUT2D eigenvalue weighted by atomic mass is 9.91. The largest absolute Gasteiger partial charge is 0.497 e. The van der Waals surface area contributed by atoms with Gasteiger partial charge in [0, 0.05) is 31.0 Å². The minimum Gasteiger partial charge on any atom is -0.497 e. The molecule has 1 aromatic carbocycles. The molecule has 4 amide bonds. The molecule has 1 unspecified atom stereocenters. The summed E-state index contributed by atoms with van der Waals surface area (Å²) in [6.07, 6.45) is 7.22. The number of carbonyl (C=O) groups is 3. The average Bonchev–Trinajstić information content (AvgIpc) is 3.29. The maximum absolute atomic E-state index is 13.0. The number of carbonyl (C=O) groups excluding carboxylic acids is 3. The molecular formula is C23H24N6O4. The van der Waals surface area contributed by atoms with E-state index in [4.69, 9.17) is 10.1 Å². The van der Waals surface area contributed by atoms with Crippen molar-refractivity contribution in [2.24, 2.45) is 0 Å². The maximum atomic E-state index is 13.0. The van der Waals surface area contributed by atoms with E-state index in [0.29, 0.717) is 24.3 Å². The van der Waals surface area contributed by atoms with Crippen molar-refractivity contribution in [3.8, 4) is 5.75 Å². The normalized spacial score (nSPS) is 19.4. The lowest BCUT2D eigenvalue weighted by Crippen LogP contribution is -2.60. The third kappa shape index (κ3) is 4.40. The number of pyridine rings is 1. The third-order valence-corrected chi connectivity index (χ3v) is 5.61. The van der Waals surface area contributed by atoms with E-state index in [1.54, 1.807) is 36.7 Å². The molecule has 1 saturated heterocycles. The second kappa shape index (κ2) is 9.11. The maximum Gasteiger partial charge on any atom is 0.322 e. The van der Waals surface area contributed by atoms with Crippen LogP contribution in [0, 0.1) is 5.41 Å². The second-order valence-electron chi connectivity index (χ2n) is 7.77. The minimum atomic E-state index is -1.66. The summed E-state index contributed by atoms with van der Waals surface area (Å²) in [5.41, 5.74) is 0.394. The van der Waals surface area contributed by atoms with Crippen LogP contribution >= 0.6 is 0 Å². The molecule has 2 aliphatic heterocycles. The highest BCUT2D eigenvalue weighted by Crippen LogP contribution is 2.29. The van der Waals surface area contributed by atoms with Gasteiger partial charge in [0.25, 0.3) is 11.8 Å². The number of ether oxygens (including phenoxy) is 1. The van der Waals surface area contributed by atoms with Crippen LogP contribution < -0.4 is 20.7 Å². The number of imide groups is 1. The van der Waals surface area contributed by atoms with Crippen LogP contribution in [0.5, 0.6) is 5.75 Å². The Bertz CT molecular complexity index is 1130. The summed E-state index contributed by atoms with van der Waals surface area (Å²) in [7, 11) is 1.52. The van der Waals surface area contributed by atoms with E-state index in [-0.39, 0.29) is 24.7 Å². The number of nitrogens with zero attached hydrogens (tertiary/aromatic N) is 2. The predicted octanol–water partition coefficient (Wildman–Crippen LogP) is 1.70. The van der Waals surface area contributed by atoms with Crippen LogP contribution in [0.25, 0.3) is 0 Å². The van der Waals surface area contributed by atoms with Gasteiger partial charge in [-0.2, -0.15) is 0 Å². The van der Waals surface area contributed by atoms with Crippen LogP contribution in [-0.4, -0.2) is 59.2 Å². The number of aromatic nitrogens is 1. The topological polar surface area (TPSA) is 137 Å². The number of fused-ring (bicyclic) bond motifs is 1. The molecule has 3 heterocycles. The summed E-state index contributed by atoms with van der Waals surface area (Å²) in [4.78, 5) is 43.2. The molecule has 0 spiro atoms. The molecule has 4 rings (SSSR count). The van der Waals surface area contributed by atoms with E-state index in [0.717, 1.165) is 11.3 Å². The molecule has 10 heteroatoms. The van der Waals surface area contributed by atoms with E-state index in [2.05, 4.69) is 20.9 Å². The highest BCUT2D eigenvalue weighted by molar-refractivity contribution is 6.25. The number of urea groups is 1. The first-order chi connectivity index (χ1) is 15.9. The summed E-state index contributed by atoms with van der Waals surface area (Å²) in [6, 6.07) is 8.24. The van der Waals surface area contributed by atoms with Crippen molar-refractivity contribution in [1.29, 1.82) is 5.41 Å². The highest BCUT2D eigenvalue weighted by atomic mass is 16.5. The van der Waals surface area contributed by atoms with Crippen LogP contribution in [-0.2, 0) is 11.3 Å². The fourth-order valence-corrected chi connectivity index (χ4v) is 3.87. The van der Waals surface area contributed by atoms with Gasteiger partial charge in [-0.05, 0) is 42.3 Å². The molecule has 4 N–H and O–H groups in total. The zero-order valence-electron chi connectivity index (χ0n) is 18.1. The first kappa shape index (κ1) is 22.0. The van der Waals surface area contributed by atoms with Gasteiger partial charge in [0.05, 0.1) is 25.1 Å². The Balaban J connectivity index is 1.45. The molecule has 170 valence electrons. The fourth-order valence-electron chi connectivity index (χ4n) is 3.87. The van der Waals surface area contributed by atoms with Gasteiger partial charge >= 0.3 is 6.03 Å². The number of hydrogen-bond donors (Lipinski definition) is 4. The minimum absolute atomic E-state index is 0.103. The fraction of sp³-hybridized carbons (Fsp3) is 0.261. The van der Waals surface area contributed by atoms with Crippen molar-refractivity contribution in [3.05, 3.63) is 66.0 Å². The average molecular weight is 448 g/mol. The summed E-state index contributed by atoms with van der Waals surface area (Å²) in [5, 5.41) is 16.5. The smallest absolute Gasteiger partial charge is 0.322 e. The molecule has 0 bridgehead atoms.